The highest BCUT2D eigenvalue weighted by Gasteiger charge is 2.39. The summed E-state index contributed by atoms with van der Waals surface area (Å²) in [5.74, 6) is 0.0782. The molecule has 2 aliphatic rings. The van der Waals surface area contributed by atoms with Gasteiger partial charge in [0.05, 0.1) is 30.6 Å². The van der Waals surface area contributed by atoms with E-state index in [9.17, 15) is 4.79 Å². The van der Waals surface area contributed by atoms with E-state index in [1.54, 1.807) is 6.33 Å². The van der Waals surface area contributed by atoms with Crippen LogP contribution in [0.3, 0.4) is 0 Å². The second-order valence-corrected chi connectivity index (χ2v) is 6.59. The van der Waals surface area contributed by atoms with Gasteiger partial charge in [-0.25, -0.2) is 4.98 Å². The maximum Gasteiger partial charge on any atom is 0.256 e. The van der Waals surface area contributed by atoms with E-state index in [4.69, 9.17) is 4.74 Å². The Morgan fingerprint density at radius 2 is 2.18 bits per heavy atom. The zero-order valence-corrected chi connectivity index (χ0v) is 12.7. The van der Waals surface area contributed by atoms with E-state index < -0.39 is 0 Å². The van der Waals surface area contributed by atoms with Gasteiger partial charge in [-0.05, 0) is 25.0 Å². The summed E-state index contributed by atoms with van der Waals surface area (Å²) in [5.41, 5.74) is 2.53. The van der Waals surface area contributed by atoms with Crippen molar-refractivity contribution < 1.29 is 9.53 Å². The molecular formula is C17H21N3O2. The number of amides is 1. The summed E-state index contributed by atoms with van der Waals surface area (Å²) >= 11 is 0. The van der Waals surface area contributed by atoms with Gasteiger partial charge in [-0.2, -0.15) is 0 Å². The third-order valence-corrected chi connectivity index (χ3v) is 5.07. The molecule has 0 bridgehead atoms. The van der Waals surface area contributed by atoms with Crippen LogP contribution in [0.5, 0.6) is 0 Å². The summed E-state index contributed by atoms with van der Waals surface area (Å²) in [6.07, 6.45) is 6.49. The molecule has 2 fully saturated rings. The highest BCUT2D eigenvalue weighted by molar-refractivity contribution is 6.04. The maximum atomic E-state index is 13.0. The van der Waals surface area contributed by atoms with Crippen molar-refractivity contribution in [3.8, 4) is 0 Å². The molecule has 5 heteroatoms. The molecule has 1 aromatic carbocycles. The number of rotatable bonds is 1. The van der Waals surface area contributed by atoms with Gasteiger partial charge in [0, 0.05) is 18.5 Å². The second-order valence-electron chi connectivity index (χ2n) is 6.59. The Morgan fingerprint density at radius 1 is 1.32 bits per heavy atom. The fraction of sp³-hybridized carbons (Fsp3) is 0.529. The summed E-state index contributed by atoms with van der Waals surface area (Å²) in [4.78, 5) is 22.4. The van der Waals surface area contributed by atoms with Crippen molar-refractivity contribution in [1.82, 2.24) is 14.9 Å². The first kappa shape index (κ1) is 13.8. The lowest BCUT2D eigenvalue weighted by molar-refractivity contribution is 0.0645. The van der Waals surface area contributed by atoms with Gasteiger partial charge in [0.25, 0.3) is 5.91 Å². The smallest absolute Gasteiger partial charge is 0.256 e. The molecule has 1 N–H and O–H groups in total. The van der Waals surface area contributed by atoms with E-state index in [0.29, 0.717) is 18.7 Å². The van der Waals surface area contributed by atoms with Crippen LogP contribution < -0.4 is 0 Å². The van der Waals surface area contributed by atoms with Crippen LogP contribution in [0.15, 0.2) is 24.5 Å². The van der Waals surface area contributed by atoms with E-state index in [2.05, 4.69) is 9.97 Å². The molecule has 0 atom stereocenters. The Kier molecular flexibility index (Phi) is 3.37. The number of aromatic nitrogens is 2. The molecule has 2 heterocycles. The number of para-hydroxylation sites is 1. The average Bonchev–Trinajstić information content (AvgIpc) is 3.13. The Labute approximate surface area is 129 Å². The lowest BCUT2D eigenvalue weighted by Crippen LogP contribution is -2.40. The van der Waals surface area contributed by atoms with Crippen LogP contribution in [0.25, 0.3) is 11.0 Å². The standard InChI is InChI=1S/C17H21N3O2/c21-16(13-4-3-5-14-15(13)19-12-18-14)20-8-9-22-11-17(10-20)6-1-2-7-17/h3-5,12H,1-2,6-11H2,(H,18,19). The largest absolute Gasteiger partial charge is 0.379 e. The van der Waals surface area contributed by atoms with Crippen molar-refractivity contribution in [3.63, 3.8) is 0 Å². The summed E-state index contributed by atoms with van der Waals surface area (Å²) in [5, 5.41) is 0. The predicted molar refractivity (Wildman–Crippen MR) is 83.7 cm³/mol. The van der Waals surface area contributed by atoms with Gasteiger partial charge in [-0.15, -0.1) is 0 Å². The SMILES string of the molecule is O=C(c1cccc2[nH]cnc12)N1CCOCC2(CCCC2)C1. The van der Waals surface area contributed by atoms with Crippen molar-refractivity contribution >= 4 is 16.9 Å². The summed E-state index contributed by atoms with van der Waals surface area (Å²) in [6.45, 7) is 2.90. The van der Waals surface area contributed by atoms with Gasteiger partial charge in [-0.3, -0.25) is 4.79 Å². The van der Waals surface area contributed by atoms with Crippen molar-refractivity contribution in [1.29, 1.82) is 0 Å². The fourth-order valence-corrected chi connectivity index (χ4v) is 3.90. The van der Waals surface area contributed by atoms with Gasteiger partial charge >= 0.3 is 0 Å². The van der Waals surface area contributed by atoms with Crippen molar-refractivity contribution in [2.75, 3.05) is 26.3 Å². The Morgan fingerprint density at radius 3 is 3.05 bits per heavy atom. The molecule has 1 spiro atoms. The zero-order valence-electron chi connectivity index (χ0n) is 12.7. The van der Waals surface area contributed by atoms with Crippen molar-refractivity contribution in [3.05, 3.63) is 30.1 Å². The number of hydrogen-bond acceptors (Lipinski definition) is 3. The fourth-order valence-electron chi connectivity index (χ4n) is 3.90. The van der Waals surface area contributed by atoms with Crippen LogP contribution in [0, 0.1) is 5.41 Å². The zero-order chi connectivity index (χ0) is 15.0. The van der Waals surface area contributed by atoms with E-state index in [-0.39, 0.29) is 11.3 Å². The quantitative estimate of drug-likeness (QED) is 0.880. The van der Waals surface area contributed by atoms with Gasteiger partial charge in [0.1, 0.15) is 5.52 Å². The number of carbonyl (C=O) groups is 1. The highest BCUT2D eigenvalue weighted by atomic mass is 16.5. The molecule has 0 unspecified atom stereocenters. The molecule has 1 aliphatic carbocycles. The number of imidazole rings is 1. The molecule has 4 rings (SSSR count). The molecule has 5 nitrogen and oxygen atoms in total. The predicted octanol–water partition coefficient (Wildman–Crippen LogP) is 2.60. The Balaban J connectivity index is 1.65. The molecule has 2 aromatic rings. The number of hydrogen-bond donors (Lipinski definition) is 1. The minimum Gasteiger partial charge on any atom is -0.379 e. The van der Waals surface area contributed by atoms with Gasteiger partial charge in [-0.1, -0.05) is 18.9 Å². The molecule has 116 valence electrons. The lowest BCUT2D eigenvalue weighted by atomic mass is 9.86. The molecule has 1 saturated heterocycles. The number of ether oxygens (including phenoxy) is 1. The molecule has 22 heavy (non-hydrogen) atoms. The number of nitrogens with one attached hydrogen (secondary N) is 1. The van der Waals surface area contributed by atoms with Gasteiger partial charge in [0.15, 0.2) is 0 Å². The maximum absolute atomic E-state index is 13.0. The van der Waals surface area contributed by atoms with Crippen LogP contribution in [-0.4, -0.2) is 47.1 Å². The number of H-pyrrole nitrogens is 1. The van der Waals surface area contributed by atoms with Gasteiger partial charge < -0.3 is 14.6 Å². The highest BCUT2D eigenvalue weighted by Crippen LogP contribution is 2.40. The summed E-state index contributed by atoms with van der Waals surface area (Å²) in [6, 6.07) is 5.73. The molecule has 1 aliphatic heterocycles. The van der Waals surface area contributed by atoms with Crippen molar-refractivity contribution in [2.24, 2.45) is 5.41 Å². The first-order valence-electron chi connectivity index (χ1n) is 8.07. The third-order valence-electron chi connectivity index (χ3n) is 5.07. The third kappa shape index (κ3) is 2.29. The normalized spacial score (nSPS) is 21.4. The number of nitrogens with zero attached hydrogens (tertiary/aromatic N) is 2. The Bertz CT molecular complexity index is 688. The van der Waals surface area contributed by atoms with E-state index in [0.717, 1.165) is 24.2 Å². The summed E-state index contributed by atoms with van der Waals surface area (Å²) in [7, 11) is 0. The van der Waals surface area contributed by atoms with Crippen molar-refractivity contribution in [2.45, 2.75) is 25.7 Å². The molecular weight excluding hydrogens is 278 g/mol. The lowest BCUT2D eigenvalue weighted by Gasteiger charge is -2.31. The number of aromatic amines is 1. The number of carbonyl (C=O) groups excluding carboxylic acids is 1. The average molecular weight is 299 g/mol. The molecule has 1 amide bonds. The first-order chi connectivity index (χ1) is 10.8. The number of benzene rings is 1. The summed E-state index contributed by atoms with van der Waals surface area (Å²) < 4.78 is 5.81. The molecule has 0 radical (unpaired) electrons. The van der Waals surface area contributed by atoms with Crippen LogP contribution in [0.2, 0.25) is 0 Å². The minimum absolute atomic E-state index is 0.0782. The monoisotopic (exact) mass is 299 g/mol. The van der Waals surface area contributed by atoms with E-state index >= 15 is 0 Å². The van der Waals surface area contributed by atoms with Crippen LogP contribution in [0.1, 0.15) is 36.0 Å². The Hall–Kier alpha value is -1.88. The minimum atomic E-state index is 0.0782. The van der Waals surface area contributed by atoms with E-state index in [1.165, 1.54) is 25.7 Å². The second kappa shape index (κ2) is 5.39. The number of fused-ring (bicyclic) bond motifs is 1. The van der Waals surface area contributed by atoms with E-state index in [1.807, 2.05) is 23.1 Å². The molecule has 1 saturated carbocycles. The van der Waals surface area contributed by atoms with Crippen LogP contribution in [0.4, 0.5) is 0 Å². The molecule has 1 aromatic heterocycles. The van der Waals surface area contributed by atoms with Crippen LogP contribution >= 0.6 is 0 Å². The first-order valence-corrected chi connectivity index (χ1v) is 8.07. The van der Waals surface area contributed by atoms with Gasteiger partial charge in [0.2, 0.25) is 0 Å². The van der Waals surface area contributed by atoms with Crippen LogP contribution in [-0.2, 0) is 4.74 Å². The topological polar surface area (TPSA) is 58.2 Å².